The summed E-state index contributed by atoms with van der Waals surface area (Å²) in [5.41, 5.74) is 2.67. The first-order chi connectivity index (χ1) is 15.6. The first kappa shape index (κ1) is 23.4. The van der Waals surface area contributed by atoms with Gasteiger partial charge in [-0.1, -0.05) is 36.4 Å². The fourth-order valence-electron chi connectivity index (χ4n) is 4.06. The molecule has 1 heterocycles. The van der Waals surface area contributed by atoms with Gasteiger partial charge < -0.3 is 19.3 Å². The average Bonchev–Trinajstić information content (AvgIpc) is 2.84. The van der Waals surface area contributed by atoms with Crippen LogP contribution in [0.15, 0.2) is 55.1 Å². The third kappa shape index (κ3) is 5.69. The number of amides is 2. The van der Waals surface area contributed by atoms with Crippen molar-refractivity contribution in [3.63, 3.8) is 0 Å². The second-order valence-corrected chi connectivity index (χ2v) is 7.88. The molecule has 1 saturated heterocycles. The van der Waals surface area contributed by atoms with Crippen LogP contribution in [0.4, 0.5) is 0 Å². The molecule has 0 radical (unpaired) electrons. The van der Waals surface area contributed by atoms with E-state index in [1.54, 1.807) is 31.3 Å². The van der Waals surface area contributed by atoms with Gasteiger partial charge in [-0.05, 0) is 37.0 Å². The average molecular weight is 437 g/mol. The molecule has 0 saturated carbocycles. The number of hydrogen-bond acceptors (Lipinski definition) is 4. The Labute approximate surface area is 190 Å². The minimum atomic E-state index is -0.0626. The number of hydrogen-bond donors (Lipinski definition) is 0. The Balaban J connectivity index is 1.56. The number of ether oxygens (including phenoxy) is 2. The van der Waals surface area contributed by atoms with Gasteiger partial charge in [0.25, 0.3) is 5.91 Å². The summed E-state index contributed by atoms with van der Waals surface area (Å²) >= 11 is 0. The van der Waals surface area contributed by atoms with Crippen LogP contribution in [0.5, 0.6) is 11.5 Å². The van der Waals surface area contributed by atoms with Gasteiger partial charge in [0, 0.05) is 43.7 Å². The van der Waals surface area contributed by atoms with E-state index in [4.69, 9.17) is 9.47 Å². The number of carbonyl (C=O) groups is 2. The van der Waals surface area contributed by atoms with Crippen molar-refractivity contribution < 1.29 is 19.1 Å². The highest BCUT2D eigenvalue weighted by atomic mass is 16.5. The first-order valence-corrected chi connectivity index (χ1v) is 11.0. The highest BCUT2D eigenvalue weighted by Crippen LogP contribution is 2.33. The predicted octanol–water partition coefficient (Wildman–Crippen LogP) is 3.74. The summed E-state index contributed by atoms with van der Waals surface area (Å²) in [5, 5.41) is 0. The van der Waals surface area contributed by atoms with Crippen molar-refractivity contribution in [3.05, 3.63) is 71.8 Å². The molecule has 1 aliphatic heterocycles. The topological polar surface area (TPSA) is 59.1 Å². The zero-order valence-corrected chi connectivity index (χ0v) is 19.0. The Hall–Kier alpha value is -3.28. The fraction of sp³-hybridized carbons (Fsp3) is 0.385. The van der Waals surface area contributed by atoms with Gasteiger partial charge >= 0.3 is 0 Å². The summed E-state index contributed by atoms with van der Waals surface area (Å²) < 4.78 is 10.9. The number of nitrogens with zero attached hydrogens (tertiary/aromatic N) is 2. The maximum Gasteiger partial charge on any atom is 0.254 e. The van der Waals surface area contributed by atoms with E-state index in [1.165, 1.54) is 5.56 Å². The molecule has 1 aliphatic rings. The van der Waals surface area contributed by atoms with E-state index in [0.29, 0.717) is 56.1 Å². The smallest absolute Gasteiger partial charge is 0.254 e. The molecule has 2 amide bonds. The van der Waals surface area contributed by atoms with Crippen molar-refractivity contribution in [1.29, 1.82) is 0 Å². The summed E-state index contributed by atoms with van der Waals surface area (Å²) in [6.07, 6.45) is 4.61. The van der Waals surface area contributed by atoms with Gasteiger partial charge in [-0.3, -0.25) is 9.59 Å². The van der Waals surface area contributed by atoms with Crippen LogP contribution in [0.3, 0.4) is 0 Å². The molecule has 0 atom stereocenters. The maximum absolute atomic E-state index is 13.1. The van der Waals surface area contributed by atoms with Gasteiger partial charge in [-0.2, -0.15) is 0 Å². The third-order valence-corrected chi connectivity index (χ3v) is 5.79. The monoisotopic (exact) mass is 436 g/mol. The zero-order chi connectivity index (χ0) is 22.9. The molecule has 0 aromatic heterocycles. The molecular weight excluding hydrogens is 404 g/mol. The highest BCUT2D eigenvalue weighted by molar-refractivity contribution is 5.95. The highest BCUT2D eigenvalue weighted by Gasteiger charge is 2.26. The molecule has 170 valence electrons. The molecule has 0 spiro atoms. The van der Waals surface area contributed by atoms with Crippen LogP contribution >= 0.6 is 0 Å². The lowest BCUT2D eigenvalue weighted by atomic mass is 10.0. The quantitative estimate of drug-likeness (QED) is 0.562. The molecule has 0 bridgehead atoms. The predicted molar refractivity (Wildman–Crippen MR) is 125 cm³/mol. The lowest BCUT2D eigenvalue weighted by molar-refractivity contribution is -0.132. The second kappa shape index (κ2) is 11.4. The number of aryl methyl sites for hydroxylation is 1. The van der Waals surface area contributed by atoms with E-state index < -0.39 is 0 Å². The third-order valence-electron chi connectivity index (χ3n) is 5.79. The number of allylic oxidation sites excluding steroid dienone is 1. The van der Waals surface area contributed by atoms with E-state index in [-0.39, 0.29) is 11.8 Å². The number of piperazine rings is 1. The fourth-order valence-corrected chi connectivity index (χ4v) is 4.06. The zero-order valence-electron chi connectivity index (χ0n) is 19.0. The molecule has 3 rings (SSSR count). The molecule has 32 heavy (non-hydrogen) atoms. The number of carbonyl (C=O) groups excluding carboxylic acids is 2. The summed E-state index contributed by atoms with van der Waals surface area (Å²) in [7, 11) is 3.15. The number of methoxy groups -OCH3 is 2. The Kier molecular flexibility index (Phi) is 8.31. The maximum atomic E-state index is 13.1. The standard InChI is InChI=1S/C26H32N2O4/c1-4-9-21-18-22(19-23(31-2)25(21)32-3)26(30)28-16-14-27(15-17-28)24(29)13-8-12-20-10-6-5-7-11-20/h4-7,10-11,18-19H,1,8-9,12-17H2,2-3H3. The van der Waals surface area contributed by atoms with E-state index >= 15 is 0 Å². The van der Waals surface area contributed by atoms with Crippen LogP contribution in [0.2, 0.25) is 0 Å². The van der Waals surface area contributed by atoms with Crippen molar-refractivity contribution in [3.8, 4) is 11.5 Å². The molecule has 2 aromatic rings. The van der Waals surface area contributed by atoms with E-state index in [2.05, 4.69) is 18.7 Å². The SMILES string of the molecule is C=CCc1cc(C(=O)N2CCN(C(=O)CCCc3ccccc3)CC2)cc(OC)c1OC. The Morgan fingerprint density at radius 1 is 1.00 bits per heavy atom. The van der Waals surface area contributed by atoms with Crippen LogP contribution in [0.25, 0.3) is 0 Å². The van der Waals surface area contributed by atoms with Gasteiger partial charge in [0.1, 0.15) is 0 Å². The molecule has 0 N–H and O–H groups in total. The van der Waals surface area contributed by atoms with Crippen molar-refractivity contribution in [2.45, 2.75) is 25.7 Å². The molecule has 2 aromatic carbocycles. The Bertz CT molecular complexity index is 934. The number of benzene rings is 2. The molecule has 1 fully saturated rings. The normalized spacial score (nSPS) is 13.6. The summed E-state index contributed by atoms with van der Waals surface area (Å²) in [4.78, 5) is 29.4. The Morgan fingerprint density at radius 2 is 1.69 bits per heavy atom. The summed E-state index contributed by atoms with van der Waals surface area (Å²) in [6, 6.07) is 13.8. The van der Waals surface area contributed by atoms with E-state index in [1.807, 2.05) is 29.2 Å². The van der Waals surface area contributed by atoms with Crippen molar-refractivity contribution in [2.24, 2.45) is 0 Å². The molecular formula is C26H32N2O4. The van der Waals surface area contributed by atoms with Crippen molar-refractivity contribution in [1.82, 2.24) is 9.80 Å². The Morgan fingerprint density at radius 3 is 2.31 bits per heavy atom. The minimum Gasteiger partial charge on any atom is -0.493 e. The summed E-state index contributed by atoms with van der Waals surface area (Å²) in [5.74, 6) is 1.25. The van der Waals surface area contributed by atoms with Gasteiger partial charge in [0.2, 0.25) is 5.91 Å². The number of rotatable bonds is 9. The molecule has 6 nitrogen and oxygen atoms in total. The van der Waals surface area contributed by atoms with E-state index in [0.717, 1.165) is 18.4 Å². The minimum absolute atomic E-state index is 0.0626. The lowest BCUT2D eigenvalue weighted by Gasteiger charge is -2.35. The first-order valence-electron chi connectivity index (χ1n) is 11.0. The van der Waals surface area contributed by atoms with Crippen LogP contribution < -0.4 is 9.47 Å². The molecule has 0 unspecified atom stereocenters. The second-order valence-electron chi connectivity index (χ2n) is 7.88. The molecule has 0 aliphatic carbocycles. The van der Waals surface area contributed by atoms with Gasteiger partial charge in [0.15, 0.2) is 11.5 Å². The van der Waals surface area contributed by atoms with Gasteiger partial charge in [-0.25, -0.2) is 0 Å². The van der Waals surface area contributed by atoms with Gasteiger partial charge in [0.05, 0.1) is 14.2 Å². The van der Waals surface area contributed by atoms with Crippen LogP contribution in [0.1, 0.15) is 34.3 Å². The molecule has 6 heteroatoms. The lowest BCUT2D eigenvalue weighted by Crippen LogP contribution is -2.50. The van der Waals surface area contributed by atoms with Crippen molar-refractivity contribution >= 4 is 11.8 Å². The van der Waals surface area contributed by atoms with Crippen LogP contribution in [0, 0.1) is 0 Å². The van der Waals surface area contributed by atoms with Crippen LogP contribution in [-0.4, -0.2) is 62.0 Å². The van der Waals surface area contributed by atoms with Crippen molar-refractivity contribution in [2.75, 3.05) is 40.4 Å². The van der Waals surface area contributed by atoms with E-state index in [9.17, 15) is 9.59 Å². The van der Waals surface area contributed by atoms with Gasteiger partial charge in [-0.15, -0.1) is 6.58 Å². The summed E-state index contributed by atoms with van der Waals surface area (Å²) in [6.45, 7) is 5.95. The van der Waals surface area contributed by atoms with Crippen LogP contribution in [-0.2, 0) is 17.6 Å². The largest absolute Gasteiger partial charge is 0.493 e.